The Hall–Kier alpha value is -1.82. The summed E-state index contributed by atoms with van der Waals surface area (Å²) in [5.74, 6) is 2.84. The number of aryl methyl sites for hydroxylation is 1. The second kappa shape index (κ2) is 5.28. The molecule has 0 spiro atoms. The van der Waals surface area contributed by atoms with E-state index in [4.69, 9.17) is 9.47 Å². The van der Waals surface area contributed by atoms with Crippen molar-refractivity contribution >= 4 is 21.7 Å². The largest absolute Gasteiger partial charge is 0.485 e. The molecule has 3 rings (SSSR count). The van der Waals surface area contributed by atoms with Crippen molar-refractivity contribution in [1.82, 2.24) is 9.97 Å². The maximum absolute atomic E-state index is 5.92. The molecule has 6 heteroatoms. The molecule has 0 bridgehead atoms. The molecule has 1 aromatic carbocycles. The summed E-state index contributed by atoms with van der Waals surface area (Å²) in [4.78, 5) is 8.95. The van der Waals surface area contributed by atoms with Gasteiger partial charge in [0, 0.05) is 7.05 Å². The van der Waals surface area contributed by atoms with E-state index in [1.165, 1.54) is 0 Å². The van der Waals surface area contributed by atoms with E-state index in [9.17, 15) is 0 Å². The molecule has 0 saturated heterocycles. The molecule has 20 heavy (non-hydrogen) atoms. The molecule has 0 amide bonds. The first-order chi connectivity index (χ1) is 9.69. The standard InChI is InChI=1S/C14H14BrN3O2/c1-8-12(15)14(16-2)18-13(17-8)11-7-19-9-5-3-4-6-10(9)20-11/h3-6,11H,7H2,1-2H3,(H,16,17,18). The fourth-order valence-corrected chi connectivity index (χ4v) is 2.41. The van der Waals surface area contributed by atoms with Crippen LogP contribution in [0.4, 0.5) is 5.82 Å². The molecule has 104 valence electrons. The van der Waals surface area contributed by atoms with Crippen molar-refractivity contribution in [3.8, 4) is 11.5 Å². The second-order valence-electron chi connectivity index (χ2n) is 4.44. The average Bonchev–Trinajstić information content (AvgIpc) is 2.49. The molecule has 1 unspecified atom stereocenters. The van der Waals surface area contributed by atoms with E-state index in [2.05, 4.69) is 31.2 Å². The summed E-state index contributed by atoms with van der Waals surface area (Å²) in [7, 11) is 1.82. The molecule has 1 atom stereocenters. The first-order valence-corrected chi connectivity index (χ1v) is 7.08. The van der Waals surface area contributed by atoms with Crippen molar-refractivity contribution in [1.29, 1.82) is 0 Å². The van der Waals surface area contributed by atoms with Gasteiger partial charge in [-0.25, -0.2) is 9.97 Å². The van der Waals surface area contributed by atoms with E-state index in [0.717, 1.165) is 27.5 Å². The number of anilines is 1. The number of fused-ring (bicyclic) bond motifs is 1. The van der Waals surface area contributed by atoms with Crippen LogP contribution >= 0.6 is 15.9 Å². The molecule has 1 N–H and O–H groups in total. The maximum atomic E-state index is 5.92. The maximum Gasteiger partial charge on any atom is 0.192 e. The number of rotatable bonds is 2. The molecule has 0 radical (unpaired) electrons. The van der Waals surface area contributed by atoms with Crippen molar-refractivity contribution in [3.63, 3.8) is 0 Å². The average molecular weight is 336 g/mol. The minimum atomic E-state index is -0.302. The highest BCUT2D eigenvalue weighted by molar-refractivity contribution is 9.10. The molecular formula is C14H14BrN3O2. The highest BCUT2D eigenvalue weighted by Crippen LogP contribution is 2.35. The zero-order chi connectivity index (χ0) is 14.1. The van der Waals surface area contributed by atoms with Crippen LogP contribution in [0.3, 0.4) is 0 Å². The molecular weight excluding hydrogens is 322 g/mol. The molecule has 1 aliphatic rings. The quantitative estimate of drug-likeness (QED) is 0.913. The molecule has 0 fully saturated rings. The van der Waals surface area contributed by atoms with Crippen molar-refractivity contribution < 1.29 is 9.47 Å². The van der Waals surface area contributed by atoms with Crippen LogP contribution in [0.15, 0.2) is 28.7 Å². The van der Waals surface area contributed by atoms with Crippen LogP contribution in [0.1, 0.15) is 17.6 Å². The highest BCUT2D eigenvalue weighted by Gasteiger charge is 2.25. The summed E-state index contributed by atoms with van der Waals surface area (Å²) in [6.45, 7) is 2.33. The summed E-state index contributed by atoms with van der Waals surface area (Å²) in [5, 5.41) is 3.04. The van der Waals surface area contributed by atoms with E-state index in [1.807, 2.05) is 38.2 Å². The Morgan fingerprint density at radius 1 is 1.25 bits per heavy atom. The van der Waals surface area contributed by atoms with Gasteiger partial charge >= 0.3 is 0 Å². The topological polar surface area (TPSA) is 56.3 Å². The van der Waals surface area contributed by atoms with E-state index < -0.39 is 0 Å². The van der Waals surface area contributed by atoms with Gasteiger partial charge in [0.15, 0.2) is 23.4 Å². The third-order valence-corrected chi connectivity index (χ3v) is 4.02. The third-order valence-electron chi connectivity index (χ3n) is 3.07. The van der Waals surface area contributed by atoms with Gasteiger partial charge in [-0.2, -0.15) is 0 Å². The molecule has 0 saturated carbocycles. The SMILES string of the molecule is CNc1nc(C2COc3ccccc3O2)nc(C)c1Br. The lowest BCUT2D eigenvalue weighted by Crippen LogP contribution is -2.24. The van der Waals surface area contributed by atoms with E-state index in [-0.39, 0.29) is 6.10 Å². The lowest BCUT2D eigenvalue weighted by molar-refractivity contribution is 0.0850. The Balaban J connectivity index is 1.93. The number of ether oxygens (including phenoxy) is 2. The van der Waals surface area contributed by atoms with Gasteiger partial charge in [0.25, 0.3) is 0 Å². The second-order valence-corrected chi connectivity index (χ2v) is 5.24. The Labute approximate surface area is 125 Å². The van der Waals surface area contributed by atoms with Crippen LogP contribution in [0, 0.1) is 6.92 Å². The fraction of sp³-hybridized carbons (Fsp3) is 0.286. The smallest absolute Gasteiger partial charge is 0.192 e. The Morgan fingerprint density at radius 3 is 2.75 bits per heavy atom. The van der Waals surface area contributed by atoms with Crippen LogP contribution < -0.4 is 14.8 Å². The fourth-order valence-electron chi connectivity index (χ4n) is 2.04. The predicted octanol–water partition coefficient (Wildman–Crippen LogP) is 3.10. The molecule has 1 aromatic heterocycles. The summed E-state index contributed by atoms with van der Waals surface area (Å²) in [6, 6.07) is 7.60. The Kier molecular flexibility index (Phi) is 3.48. The van der Waals surface area contributed by atoms with Crippen molar-refractivity contribution in [3.05, 3.63) is 40.3 Å². The first-order valence-electron chi connectivity index (χ1n) is 6.29. The number of aromatic nitrogens is 2. The summed E-state index contributed by atoms with van der Waals surface area (Å²) in [6.07, 6.45) is -0.302. The number of benzene rings is 1. The van der Waals surface area contributed by atoms with Crippen LogP contribution in [-0.4, -0.2) is 23.6 Å². The van der Waals surface area contributed by atoms with Gasteiger partial charge in [-0.3, -0.25) is 0 Å². The van der Waals surface area contributed by atoms with Gasteiger partial charge in [0.2, 0.25) is 0 Å². The number of halogens is 1. The normalized spacial score (nSPS) is 16.9. The van der Waals surface area contributed by atoms with Crippen LogP contribution in [0.25, 0.3) is 0 Å². The lowest BCUT2D eigenvalue weighted by atomic mass is 10.2. The van der Waals surface area contributed by atoms with E-state index in [0.29, 0.717) is 12.4 Å². The number of hydrogen-bond donors (Lipinski definition) is 1. The number of para-hydroxylation sites is 2. The number of nitrogens with zero attached hydrogens (tertiary/aromatic N) is 2. The monoisotopic (exact) mass is 335 g/mol. The summed E-state index contributed by atoms with van der Waals surface area (Å²) < 4.78 is 12.5. The van der Waals surface area contributed by atoms with Gasteiger partial charge in [-0.1, -0.05) is 12.1 Å². The van der Waals surface area contributed by atoms with E-state index in [1.54, 1.807) is 0 Å². The minimum Gasteiger partial charge on any atom is -0.485 e. The van der Waals surface area contributed by atoms with Gasteiger partial charge < -0.3 is 14.8 Å². The summed E-state index contributed by atoms with van der Waals surface area (Å²) in [5.41, 5.74) is 0.863. The van der Waals surface area contributed by atoms with Gasteiger partial charge in [-0.15, -0.1) is 0 Å². The first kappa shape index (κ1) is 13.2. The third kappa shape index (κ3) is 2.31. The molecule has 0 aliphatic carbocycles. The van der Waals surface area contributed by atoms with Gasteiger partial charge in [-0.05, 0) is 35.0 Å². The van der Waals surface area contributed by atoms with Crippen molar-refractivity contribution in [2.45, 2.75) is 13.0 Å². The molecule has 1 aliphatic heterocycles. The zero-order valence-corrected chi connectivity index (χ0v) is 12.8. The van der Waals surface area contributed by atoms with Crippen LogP contribution in [-0.2, 0) is 0 Å². The van der Waals surface area contributed by atoms with Gasteiger partial charge in [0.1, 0.15) is 12.4 Å². The predicted molar refractivity (Wildman–Crippen MR) is 79.3 cm³/mol. The minimum absolute atomic E-state index is 0.302. The molecule has 5 nitrogen and oxygen atoms in total. The van der Waals surface area contributed by atoms with Crippen molar-refractivity contribution in [2.24, 2.45) is 0 Å². The van der Waals surface area contributed by atoms with Crippen molar-refractivity contribution in [2.75, 3.05) is 19.0 Å². The highest BCUT2D eigenvalue weighted by atomic mass is 79.9. The number of nitrogens with one attached hydrogen (secondary N) is 1. The zero-order valence-electron chi connectivity index (χ0n) is 11.2. The Bertz CT molecular complexity index is 648. The summed E-state index contributed by atoms with van der Waals surface area (Å²) >= 11 is 3.46. The van der Waals surface area contributed by atoms with E-state index >= 15 is 0 Å². The van der Waals surface area contributed by atoms with Crippen LogP contribution in [0.2, 0.25) is 0 Å². The lowest BCUT2D eigenvalue weighted by Gasteiger charge is -2.25. The Morgan fingerprint density at radius 2 is 2.00 bits per heavy atom. The van der Waals surface area contributed by atoms with Crippen LogP contribution in [0.5, 0.6) is 11.5 Å². The molecule has 2 heterocycles. The number of hydrogen-bond acceptors (Lipinski definition) is 5. The van der Waals surface area contributed by atoms with Gasteiger partial charge in [0.05, 0.1) is 10.2 Å². The molecule has 2 aromatic rings.